The maximum atomic E-state index is 12.2. The van der Waals surface area contributed by atoms with E-state index in [1.54, 1.807) is 11.8 Å². The number of carbonyl (C=O) groups excluding carboxylic acids is 1. The number of amides is 1. The molecule has 132 valence electrons. The maximum absolute atomic E-state index is 12.2. The lowest BCUT2D eigenvalue weighted by molar-refractivity contribution is -0.115. The number of thiazole rings is 1. The van der Waals surface area contributed by atoms with E-state index in [1.807, 2.05) is 31.2 Å². The van der Waals surface area contributed by atoms with Crippen LogP contribution < -0.4 is 10.2 Å². The van der Waals surface area contributed by atoms with Crippen LogP contribution in [0.25, 0.3) is 0 Å². The smallest absolute Gasteiger partial charge is 0.230 e. The topological polar surface area (TPSA) is 45.2 Å². The highest BCUT2D eigenvalue weighted by atomic mass is 32.1. The number of nitrogens with zero attached hydrogens (tertiary/aromatic N) is 2. The molecule has 2 aromatic rings. The average Bonchev–Trinajstić information content (AvgIpc) is 3.50. The molecule has 0 radical (unpaired) electrons. The molecule has 0 saturated heterocycles. The summed E-state index contributed by atoms with van der Waals surface area (Å²) in [5, 5.41) is 6.55. The number of aromatic nitrogens is 1. The number of aryl methyl sites for hydroxylation is 1. The Balaban J connectivity index is 1.46. The van der Waals surface area contributed by atoms with E-state index < -0.39 is 0 Å². The van der Waals surface area contributed by atoms with Crippen molar-refractivity contribution >= 4 is 28.1 Å². The van der Waals surface area contributed by atoms with Crippen molar-refractivity contribution in [3.05, 3.63) is 40.9 Å². The molecule has 2 aliphatic carbocycles. The lowest BCUT2D eigenvalue weighted by atomic mass is 10.1. The lowest BCUT2D eigenvalue weighted by Gasteiger charge is -2.18. The van der Waals surface area contributed by atoms with Gasteiger partial charge in [-0.15, -0.1) is 11.3 Å². The number of carbonyl (C=O) groups is 1. The largest absolute Gasteiger partial charge is 0.308 e. The summed E-state index contributed by atoms with van der Waals surface area (Å²) in [5.41, 5.74) is 3.09. The number of rotatable bonds is 7. The molecular formula is C20H25N3OS. The summed E-state index contributed by atoms with van der Waals surface area (Å²) in [5.74, 6) is 1.75. The minimum absolute atomic E-state index is 0.00782. The van der Waals surface area contributed by atoms with Gasteiger partial charge in [-0.25, -0.2) is 4.98 Å². The monoisotopic (exact) mass is 355 g/mol. The first-order chi connectivity index (χ1) is 12.1. The second-order valence-electron chi connectivity index (χ2n) is 7.39. The predicted molar refractivity (Wildman–Crippen MR) is 102 cm³/mol. The molecule has 0 spiro atoms. The van der Waals surface area contributed by atoms with Gasteiger partial charge in [-0.2, -0.15) is 0 Å². The van der Waals surface area contributed by atoms with E-state index in [0.717, 1.165) is 34.9 Å². The molecule has 0 bridgehead atoms. The molecule has 1 heterocycles. The van der Waals surface area contributed by atoms with Gasteiger partial charge in [-0.1, -0.05) is 17.7 Å². The molecule has 0 aliphatic heterocycles. The van der Waals surface area contributed by atoms with Crippen molar-refractivity contribution in [2.75, 3.05) is 4.90 Å². The molecule has 5 heteroatoms. The quantitative estimate of drug-likeness (QED) is 0.800. The van der Waals surface area contributed by atoms with Crippen molar-refractivity contribution in [1.82, 2.24) is 10.3 Å². The highest BCUT2D eigenvalue weighted by Crippen LogP contribution is 2.44. The molecule has 2 saturated carbocycles. The van der Waals surface area contributed by atoms with E-state index in [4.69, 9.17) is 4.98 Å². The third kappa shape index (κ3) is 3.93. The number of hydrogen-bond donors (Lipinski definition) is 1. The first-order valence-electron chi connectivity index (χ1n) is 9.17. The zero-order valence-electron chi connectivity index (χ0n) is 14.9. The molecule has 1 aromatic carbocycles. The fraction of sp³-hybridized carbons (Fsp3) is 0.500. The van der Waals surface area contributed by atoms with E-state index in [2.05, 4.69) is 10.7 Å². The standard InChI is InChI=1S/C20H25N3OS/c1-13-3-9-18(10-4-13)23(14(2)24)20-22-17(12-25-20)11-21-19(15-5-6-15)16-7-8-16/h3-4,9-10,12,15-16,19,21H,5-8,11H2,1-2H3. The van der Waals surface area contributed by atoms with Crippen LogP contribution in [0.1, 0.15) is 43.9 Å². The molecule has 25 heavy (non-hydrogen) atoms. The molecule has 4 nitrogen and oxygen atoms in total. The van der Waals surface area contributed by atoms with Crippen LogP contribution in [0.4, 0.5) is 10.8 Å². The highest BCUT2D eigenvalue weighted by Gasteiger charge is 2.41. The van der Waals surface area contributed by atoms with E-state index in [9.17, 15) is 4.79 Å². The van der Waals surface area contributed by atoms with Crippen molar-refractivity contribution in [3.8, 4) is 0 Å². The second kappa shape index (κ2) is 6.89. The number of anilines is 2. The van der Waals surface area contributed by atoms with E-state index in [-0.39, 0.29) is 5.91 Å². The first-order valence-corrected chi connectivity index (χ1v) is 10.0. The Morgan fingerprint density at radius 3 is 2.44 bits per heavy atom. The van der Waals surface area contributed by atoms with Crippen LogP contribution in [-0.2, 0) is 11.3 Å². The SMILES string of the molecule is CC(=O)N(c1ccc(C)cc1)c1nc(CNC(C2CC2)C2CC2)cs1. The fourth-order valence-electron chi connectivity index (χ4n) is 3.45. The summed E-state index contributed by atoms with van der Waals surface area (Å²) in [6.45, 7) is 4.44. The van der Waals surface area contributed by atoms with Gasteiger partial charge in [-0.3, -0.25) is 9.69 Å². The second-order valence-corrected chi connectivity index (χ2v) is 8.23. The summed E-state index contributed by atoms with van der Waals surface area (Å²) in [4.78, 5) is 18.6. The van der Waals surface area contributed by atoms with Crippen LogP contribution in [0.5, 0.6) is 0 Å². The highest BCUT2D eigenvalue weighted by molar-refractivity contribution is 7.14. The number of hydrogen-bond acceptors (Lipinski definition) is 4. The Hall–Kier alpha value is -1.72. The van der Waals surface area contributed by atoms with Gasteiger partial charge >= 0.3 is 0 Å². The Kier molecular flexibility index (Phi) is 4.61. The van der Waals surface area contributed by atoms with Crippen LogP contribution in [0.2, 0.25) is 0 Å². The van der Waals surface area contributed by atoms with Crippen LogP contribution in [0.15, 0.2) is 29.6 Å². The minimum Gasteiger partial charge on any atom is -0.308 e. The van der Waals surface area contributed by atoms with Gasteiger partial charge in [0.05, 0.1) is 11.4 Å². The number of nitrogens with one attached hydrogen (secondary N) is 1. The Morgan fingerprint density at radius 2 is 1.88 bits per heavy atom. The van der Waals surface area contributed by atoms with Crippen molar-refractivity contribution in [2.45, 2.75) is 52.1 Å². The Morgan fingerprint density at radius 1 is 1.24 bits per heavy atom. The summed E-state index contributed by atoms with van der Waals surface area (Å²) in [6.07, 6.45) is 5.51. The van der Waals surface area contributed by atoms with Crippen molar-refractivity contribution in [3.63, 3.8) is 0 Å². The van der Waals surface area contributed by atoms with Crippen molar-refractivity contribution in [1.29, 1.82) is 0 Å². The maximum Gasteiger partial charge on any atom is 0.230 e. The zero-order valence-corrected chi connectivity index (χ0v) is 15.7. The molecule has 2 aliphatic rings. The molecule has 2 fully saturated rings. The normalized spacial score (nSPS) is 17.1. The van der Waals surface area contributed by atoms with Crippen molar-refractivity contribution in [2.24, 2.45) is 11.8 Å². The van der Waals surface area contributed by atoms with Gasteiger partial charge in [0.2, 0.25) is 5.91 Å². The summed E-state index contributed by atoms with van der Waals surface area (Å²) in [7, 11) is 0. The van der Waals surface area contributed by atoms with E-state index in [0.29, 0.717) is 6.04 Å². The van der Waals surface area contributed by atoms with Crippen molar-refractivity contribution < 1.29 is 4.79 Å². The molecule has 1 N–H and O–H groups in total. The predicted octanol–water partition coefficient (Wildman–Crippen LogP) is 4.41. The van der Waals surface area contributed by atoms with Crippen LogP contribution in [0.3, 0.4) is 0 Å². The zero-order chi connectivity index (χ0) is 17.4. The van der Waals surface area contributed by atoms with Gasteiger partial charge in [-0.05, 0) is 56.6 Å². The summed E-state index contributed by atoms with van der Waals surface area (Å²) in [6, 6.07) is 8.68. The van der Waals surface area contributed by atoms with E-state index >= 15 is 0 Å². The minimum atomic E-state index is -0.00782. The van der Waals surface area contributed by atoms with E-state index in [1.165, 1.54) is 42.6 Å². The van der Waals surface area contributed by atoms with Gasteiger partial charge < -0.3 is 5.32 Å². The molecule has 0 atom stereocenters. The summed E-state index contributed by atoms with van der Waals surface area (Å²) >= 11 is 1.54. The Bertz CT molecular complexity index is 735. The molecule has 0 unspecified atom stereocenters. The van der Waals surface area contributed by atoms with Gasteiger partial charge in [0.1, 0.15) is 0 Å². The fourth-order valence-corrected chi connectivity index (χ4v) is 4.34. The third-order valence-electron chi connectivity index (χ3n) is 5.12. The van der Waals surface area contributed by atoms with Gasteiger partial charge in [0.25, 0.3) is 0 Å². The van der Waals surface area contributed by atoms with Gasteiger partial charge in [0, 0.05) is 24.9 Å². The molecular weight excluding hydrogens is 330 g/mol. The third-order valence-corrected chi connectivity index (χ3v) is 5.99. The lowest BCUT2D eigenvalue weighted by Crippen LogP contribution is -2.32. The summed E-state index contributed by atoms with van der Waals surface area (Å²) < 4.78 is 0. The van der Waals surface area contributed by atoms with Gasteiger partial charge in [0.15, 0.2) is 5.13 Å². The van der Waals surface area contributed by atoms with Crippen LogP contribution >= 0.6 is 11.3 Å². The molecule has 1 aromatic heterocycles. The van der Waals surface area contributed by atoms with Crippen LogP contribution in [0, 0.1) is 18.8 Å². The average molecular weight is 356 g/mol. The van der Waals surface area contributed by atoms with Crippen LogP contribution in [-0.4, -0.2) is 16.9 Å². The Labute approximate surface area is 153 Å². The molecule has 4 rings (SSSR count). The first kappa shape index (κ1) is 16.7. The molecule has 1 amide bonds. The number of benzene rings is 1.